The van der Waals surface area contributed by atoms with E-state index in [4.69, 9.17) is 9.15 Å². The number of piperidine rings is 1. The largest absolute Gasteiger partial charge is 0.414 e. The number of aliphatic hydroxyl groups is 1. The van der Waals surface area contributed by atoms with Crippen molar-refractivity contribution in [1.82, 2.24) is 15.1 Å². The minimum atomic E-state index is -0.784. The summed E-state index contributed by atoms with van der Waals surface area (Å²) in [6.07, 6.45) is 1.63. The van der Waals surface area contributed by atoms with E-state index < -0.39 is 5.60 Å². The Bertz CT molecular complexity index is 678. The predicted octanol–water partition coefficient (Wildman–Crippen LogP) is 1.43. The zero-order valence-electron chi connectivity index (χ0n) is 13.6. The van der Waals surface area contributed by atoms with Gasteiger partial charge in [0.2, 0.25) is 5.89 Å². The molecule has 0 atom stereocenters. The summed E-state index contributed by atoms with van der Waals surface area (Å²) in [6, 6.07) is 9.89. The molecule has 0 unspecified atom stereocenters. The van der Waals surface area contributed by atoms with Gasteiger partial charge in [-0.1, -0.05) is 30.3 Å². The smallest absolute Gasteiger partial charge is 0.311 e. The number of likely N-dealkylation sites (tertiary alicyclic amines) is 1. The van der Waals surface area contributed by atoms with Crippen LogP contribution in [0.2, 0.25) is 0 Å². The van der Waals surface area contributed by atoms with Gasteiger partial charge in [-0.2, -0.15) is 0 Å². The molecule has 1 N–H and O–H groups in total. The van der Waals surface area contributed by atoms with Crippen LogP contribution in [0.1, 0.15) is 35.0 Å². The molecule has 1 aromatic carbocycles. The third-order valence-corrected chi connectivity index (χ3v) is 4.27. The maximum Gasteiger partial charge on any atom is 0.311 e. The molecule has 7 heteroatoms. The van der Waals surface area contributed by atoms with Crippen LogP contribution in [0, 0.1) is 0 Å². The van der Waals surface area contributed by atoms with Crippen molar-refractivity contribution >= 4 is 5.91 Å². The summed E-state index contributed by atoms with van der Waals surface area (Å²) in [5, 5.41) is 18.3. The Balaban J connectivity index is 1.58. The van der Waals surface area contributed by atoms with E-state index >= 15 is 0 Å². The number of hydrogen-bond donors (Lipinski definition) is 1. The van der Waals surface area contributed by atoms with Crippen LogP contribution in [0.25, 0.3) is 0 Å². The van der Waals surface area contributed by atoms with Gasteiger partial charge in [-0.15, -0.1) is 10.2 Å². The number of amides is 1. The molecule has 7 nitrogen and oxygen atoms in total. The van der Waals surface area contributed by atoms with Gasteiger partial charge in [-0.25, -0.2) is 0 Å². The lowest BCUT2D eigenvalue weighted by atomic mass is 9.85. The highest BCUT2D eigenvalue weighted by Crippen LogP contribution is 2.27. The van der Waals surface area contributed by atoms with E-state index in [1.807, 2.05) is 30.3 Å². The van der Waals surface area contributed by atoms with Gasteiger partial charge in [0.1, 0.15) is 6.61 Å². The van der Waals surface area contributed by atoms with Gasteiger partial charge in [-0.05, 0) is 18.4 Å². The van der Waals surface area contributed by atoms with Crippen LogP contribution in [-0.4, -0.2) is 51.9 Å². The van der Waals surface area contributed by atoms with E-state index in [1.54, 1.807) is 4.90 Å². The number of aromatic nitrogens is 2. The molecule has 1 aliphatic heterocycles. The van der Waals surface area contributed by atoms with E-state index in [0.29, 0.717) is 32.4 Å². The van der Waals surface area contributed by atoms with E-state index in [1.165, 1.54) is 7.11 Å². The normalized spacial score (nSPS) is 17.0. The first-order chi connectivity index (χ1) is 11.6. The second-order valence-electron chi connectivity index (χ2n) is 6.11. The summed E-state index contributed by atoms with van der Waals surface area (Å²) >= 11 is 0. The summed E-state index contributed by atoms with van der Waals surface area (Å²) in [5.74, 6) is -0.0550. The zero-order valence-corrected chi connectivity index (χ0v) is 13.6. The van der Waals surface area contributed by atoms with Gasteiger partial charge in [0, 0.05) is 26.6 Å². The fourth-order valence-corrected chi connectivity index (χ4v) is 2.94. The van der Waals surface area contributed by atoms with Gasteiger partial charge >= 0.3 is 11.8 Å². The summed E-state index contributed by atoms with van der Waals surface area (Å²) in [7, 11) is 1.52. The maximum absolute atomic E-state index is 12.4. The molecule has 1 aromatic heterocycles. The van der Waals surface area contributed by atoms with E-state index in [2.05, 4.69) is 10.2 Å². The Morgan fingerprint density at radius 3 is 2.67 bits per heavy atom. The standard InChI is InChI=1S/C17H21N3O4/c1-23-12-14-18-19-15(24-14)16(21)20-9-7-17(22,8-10-20)11-13-5-3-2-4-6-13/h2-6,22H,7-12H2,1H3. The Hall–Kier alpha value is -2.25. The minimum Gasteiger partial charge on any atom is -0.414 e. The van der Waals surface area contributed by atoms with E-state index in [0.717, 1.165) is 5.56 Å². The number of benzene rings is 1. The molecular formula is C17H21N3O4. The van der Waals surface area contributed by atoms with Crippen molar-refractivity contribution < 1.29 is 19.1 Å². The first-order valence-electron chi connectivity index (χ1n) is 7.96. The molecule has 128 valence electrons. The maximum atomic E-state index is 12.4. The monoisotopic (exact) mass is 331 g/mol. The number of rotatable bonds is 5. The van der Waals surface area contributed by atoms with Gasteiger partial charge in [-0.3, -0.25) is 4.79 Å². The highest BCUT2D eigenvalue weighted by molar-refractivity contribution is 5.89. The average molecular weight is 331 g/mol. The van der Waals surface area contributed by atoms with Crippen LogP contribution >= 0.6 is 0 Å². The molecule has 2 heterocycles. The van der Waals surface area contributed by atoms with Crippen molar-refractivity contribution in [1.29, 1.82) is 0 Å². The fraction of sp³-hybridized carbons (Fsp3) is 0.471. The Morgan fingerprint density at radius 1 is 1.29 bits per heavy atom. The number of carbonyl (C=O) groups is 1. The number of hydrogen-bond acceptors (Lipinski definition) is 6. The second-order valence-corrected chi connectivity index (χ2v) is 6.11. The lowest BCUT2D eigenvalue weighted by Crippen LogP contribution is -2.47. The molecule has 0 bridgehead atoms. The molecule has 1 saturated heterocycles. The molecule has 0 saturated carbocycles. The quantitative estimate of drug-likeness (QED) is 0.891. The lowest BCUT2D eigenvalue weighted by Gasteiger charge is -2.37. The first kappa shape index (κ1) is 16.6. The molecule has 1 aliphatic rings. The van der Waals surface area contributed by atoms with Gasteiger partial charge in [0.05, 0.1) is 5.60 Å². The summed E-state index contributed by atoms with van der Waals surface area (Å²) < 4.78 is 10.2. The number of methoxy groups -OCH3 is 1. The zero-order chi connectivity index (χ0) is 17.0. The van der Waals surface area contributed by atoms with Crippen LogP contribution in [-0.2, 0) is 17.8 Å². The lowest BCUT2D eigenvalue weighted by molar-refractivity contribution is -0.0171. The van der Waals surface area contributed by atoms with Gasteiger partial charge in [0.15, 0.2) is 0 Å². The topological polar surface area (TPSA) is 88.7 Å². The summed E-state index contributed by atoms with van der Waals surface area (Å²) in [4.78, 5) is 14.0. The predicted molar refractivity (Wildman–Crippen MR) is 85.2 cm³/mol. The molecule has 0 radical (unpaired) electrons. The third kappa shape index (κ3) is 3.80. The van der Waals surface area contributed by atoms with Crippen LogP contribution in [0.5, 0.6) is 0 Å². The fourth-order valence-electron chi connectivity index (χ4n) is 2.94. The van der Waals surface area contributed by atoms with Crippen molar-refractivity contribution in [2.45, 2.75) is 31.5 Å². The molecule has 0 spiro atoms. The Kier molecular flexibility index (Phi) is 4.92. The van der Waals surface area contributed by atoms with E-state index in [-0.39, 0.29) is 24.3 Å². The summed E-state index contributed by atoms with van der Waals surface area (Å²) in [6.45, 7) is 1.10. The van der Waals surface area contributed by atoms with Crippen molar-refractivity contribution in [2.24, 2.45) is 0 Å². The Morgan fingerprint density at radius 2 is 2.00 bits per heavy atom. The van der Waals surface area contributed by atoms with Gasteiger partial charge in [0.25, 0.3) is 0 Å². The minimum absolute atomic E-state index is 0.0319. The second kappa shape index (κ2) is 7.11. The average Bonchev–Trinajstić information content (AvgIpc) is 3.05. The molecule has 3 rings (SSSR count). The van der Waals surface area contributed by atoms with Crippen LogP contribution < -0.4 is 0 Å². The molecule has 2 aromatic rings. The van der Waals surface area contributed by atoms with Crippen molar-refractivity contribution in [3.8, 4) is 0 Å². The highest BCUT2D eigenvalue weighted by Gasteiger charge is 2.35. The SMILES string of the molecule is COCc1nnc(C(=O)N2CCC(O)(Cc3ccccc3)CC2)o1. The van der Waals surface area contributed by atoms with Crippen LogP contribution in [0.15, 0.2) is 34.7 Å². The third-order valence-electron chi connectivity index (χ3n) is 4.27. The van der Waals surface area contributed by atoms with Crippen molar-refractivity contribution in [3.63, 3.8) is 0 Å². The highest BCUT2D eigenvalue weighted by atomic mass is 16.5. The Labute approximate surface area is 140 Å². The molecular weight excluding hydrogens is 310 g/mol. The molecule has 24 heavy (non-hydrogen) atoms. The van der Waals surface area contributed by atoms with Crippen molar-refractivity contribution in [3.05, 3.63) is 47.7 Å². The number of carbonyl (C=O) groups excluding carboxylic acids is 1. The number of nitrogens with zero attached hydrogens (tertiary/aromatic N) is 3. The molecule has 1 amide bonds. The van der Waals surface area contributed by atoms with Crippen molar-refractivity contribution in [2.75, 3.05) is 20.2 Å². The summed E-state index contributed by atoms with van der Waals surface area (Å²) in [5.41, 5.74) is 0.314. The van der Waals surface area contributed by atoms with E-state index in [9.17, 15) is 9.90 Å². The first-order valence-corrected chi connectivity index (χ1v) is 7.96. The number of ether oxygens (including phenoxy) is 1. The molecule has 0 aliphatic carbocycles. The van der Waals surface area contributed by atoms with Gasteiger partial charge < -0.3 is 19.2 Å². The van der Waals surface area contributed by atoms with Crippen LogP contribution in [0.4, 0.5) is 0 Å². The molecule has 1 fully saturated rings. The van der Waals surface area contributed by atoms with Crippen LogP contribution in [0.3, 0.4) is 0 Å².